The number of halogens is 3. The van der Waals surface area contributed by atoms with Gasteiger partial charge in [-0.2, -0.15) is 8.78 Å². The molecule has 0 aliphatic carbocycles. The first-order valence-electron chi connectivity index (χ1n) is 8.36. The Kier molecular flexibility index (Phi) is 11.0. The van der Waals surface area contributed by atoms with Gasteiger partial charge in [-0.3, -0.25) is 4.99 Å². The van der Waals surface area contributed by atoms with E-state index in [2.05, 4.69) is 20.4 Å². The molecule has 0 bridgehead atoms. The number of nitrogens with zero attached hydrogens (tertiary/aromatic N) is 1. The van der Waals surface area contributed by atoms with Crippen LogP contribution in [0.5, 0.6) is 17.2 Å². The molecule has 154 valence electrons. The van der Waals surface area contributed by atoms with Gasteiger partial charge in [0.1, 0.15) is 23.9 Å². The smallest absolute Gasteiger partial charge is 0.387 e. The van der Waals surface area contributed by atoms with Gasteiger partial charge in [0, 0.05) is 19.2 Å². The van der Waals surface area contributed by atoms with Crippen LogP contribution in [0.2, 0.25) is 0 Å². The van der Waals surface area contributed by atoms with E-state index in [1.807, 2.05) is 24.3 Å². The summed E-state index contributed by atoms with van der Waals surface area (Å²) in [6, 6.07) is 13.9. The van der Waals surface area contributed by atoms with Crippen molar-refractivity contribution in [3.8, 4) is 17.2 Å². The van der Waals surface area contributed by atoms with Crippen LogP contribution in [0.1, 0.15) is 5.56 Å². The first-order chi connectivity index (χ1) is 13.1. The lowest BCUT2D eigenvalue weighted by molar-refractivity contribution is -0.0504. The molecule has 0 atom stereocenters. The number of aliphatic imine (C=N–C) groups is 1. The fourth-order valence-corrected chi connectivity index (χ4v) is 2.27. The second kappa shape index (κ2) is 13.0. The average Bonchev–Trinajstić information content (AvgIpc) is 2.68. The van der Waals surface area contributed by atoms with E-state index in [9.17, 15) is 8.78 Å². The van der Waals surface area contributed by atoms with Crippen LogP contribution in [0.15, 0.2) is 53.5 Å². The van der Waals surface area contributed by atoms with Gasteiger partial charge in [0.15, 0.2) is 5.96 Å². The molecule has 0 fully saturated rings. The fourth-order valence-electron chi connectivity index (χ4n) is 2.27. The molecule has 2 aromatic rings. The van der Waals surface area contributed by atoms with Gasteiger partial charge in [-0.15, -0.1) is 24.0 Å². The zero-order chi connectivity index (χ0) is 19.5. The van der Waals surface area contributed by atoms with Gasteiger partial charge in [0.25, 0.3) is 0 Å². The first kappa shape index (κ1) is 23.7. The molecule has 28 heavy (non-hydrogen) atoms. The monoisotopic (exact) mass is 507 g/mol. The maximum absolute atomic E-state index is 12.5. The van der Waals surface area contributed by atoms with Gasteiger partial charge in [-0.25, -0.2) is 0 Å². The van der Waals surface area contributed by atoms with E-state index in [4.69, 9.17) is 9.47 Å². The van der Waals surface area contributed by atoms with Crippen LogP contribution in [0, 0.1) is 0 Å². The summed E-state index contributed by atoms with van der Waals surface area (Å²) in [4.78, 5) is 4.09. The number of benzene rings is 2. The quantitative estimate of drug-likeness (QED) is 0.235. The molecular weight excluding hydrogens is 483 g/mol. The summed E-state index contributed by atoms with van der Waals surface area (Å²) in [5, 5.41) is 6.15. The molecule has 2 N–H and O–H groups in total. The van der Waals surface area contributed by atoms with Crippen molar-refractivity contribution in [2.24, 2.45) is 4.99 Å². The molecule has 0 saturated carbocycles. The number of hydrogen-bond acceptors (Lipinski definition) is 4. The molecule has 6 nitrogen and oxygen atoms in total. The number of alkyl halides is 2. The second-order valence-electron chi connectivity index (χ2n) is 5.36. The number of methoxy groups -OCH3 is 1. The summed E-state index contributed by atoms with van der Waals surface area (Å²) >= 11 is 0. The van der Waals surface area contributed by atoms with E-state index < -0.39 is 6.61 Å². The maximum Gasteiger partial charge on any atom is 0.387 e. The van der Waals surface area contributed by atoms with Crippen LogP contribution >= 0.6 is 24.0 Å². The maximum atomic E-state index is 12.5. The molecule has 0 saturated heterocycles. The van der Waals surface area contributed by atoms with Crippen molar-refractivity contribution >= 4 is 29.9 Å². The molecule has 0 unspecified atom stereocenters. The van der Waals surface area contributed by atoms with Gasteiger partial charge in [-0.05, 0) is 30.3 Å². The average molecular weight is 507 g/mol. The molecule has 9 heteroatoms. The summed E-state index contributed by atoms with van der Waals surface area (Å²) in [7, 11) is 3.23. The van der Waals surface area contributed by atoms with Crippen molar-refractivity contribution in [1.29, 1.82) is 0 Å². The molecule has 0 aromatic heterocycles. The number of hydrogen-bond donors (Lipinski definition) is 2. The summed E-state index contributed by atoms with van der Waals surface area (Å²) in [6.07, 6.45) is 0. The predicted octanol–water partition coefficient (Wildman–Crippen LogP) is 3.66. The van der Waals surface area contributed by atoms with Gasteiger partial charge in [-0.1, -0.05) is 18.2 Å². The van der Waals surface area contributed by atoms with Crippen LogP contribution in [-0.2, 0) is 6.54 Å². The second-order valence-corrected chi connectivity index (χ2v) is 5.36. The Morgan fingerprint density at radius 3 is 2.36 bits per heavy atom. The predicted molar refractivity (Wildman–Crippen MR) is 115 cm³/mol. The third-order valence-electron chi connectivity index (χ3n) is 3.58. The molecule has 0 spiro atoms. The van der Waals surface area contributed by atoms with Crippen molar-refractivity contribution in [3.05, 3.63) is 54.1 Å². The fraction of sp³-hybridized carbons (Fsp3) is 0.316. The molecule has 2 rings (SSSR count). The number of rotatable bonds is 9. The lowest BCUT2D eigenvalue weighted by Crippen LogP contribution is -2.39. The van der Waals surface area contributed by atoms with Gasteiger partial charge >= 0.3 is 6.61 Å². The number of ether oxygens (including phenoxy) is 3. The minimum absolute atomic E-state index is 0. The van der Waals surface area contributed by atoms with Crippen molar-refractivity contribution < 1.29 is 23.0 Å². The minimum Gasteiger partial charge on any atom is -0.497 e. The summed E-state index contributed by atoms with van der Waals surface area (Å²) < 4.78 is 40.1. The SMILES string of the molecule is CN=C(NCCOc1ccc(OC)cc1)NCc1ccccc1OC(F)F.I. The zero-order valence-electron chi connectivity index (χ0n) is 15.7. The molecular formula is C19H24F2IN3O3. The highest BCUT2D eigenvalue weighted by molar-refractivity contribution is 14.0. The van der Waals surface area contributed by atoms with E-state index in [0.29, 0.717) is 31.2 Å². The Labute approximate surface area is 180 Å². The Bertz CT molecular complexity index is 731. The minimum atomic E-state index is -2.86. The molecule has 0 heterocycles. The van der Waals surface area contributed by atoms with Gasteiger partial charge in [0.05, 0.1) is 13.7 Å². The van der Waals surface area contributed by atoms with Crippen LogP contribution in [-0.4, -0.2) is 39.9 Å². The summed E-state index contributed by atoms with van der Waals surface area (Å²) in [6.45, 7) is -1.63. The van der Waals surface area contributed by atoms with E-state index >= 15 is 0 Å². The van der Waals surface area contributed by atoms with Crippen molar-refractivity contribution in [1.82, 2.24) is 10.6 Å². The van der Waals surface area contributed by atoms with E-state index in [0.717, 1.165) is 11.5 Å². The molecule has 0 radical (unpaired) electrons. The number of guanidine groups is 1. The van der Waals surface area contributed by atoms with Gasteiger partial charge < -0.3 is 24.8 Å². The van der Waals surface area contributed by atoms with Crippen LogP contribution in [0.3, 0.4) is 0 Å². The van der Waals surface area contributed by atoms with E-state index in [-0.39, 0.29) is 29.7 Å². The highest BCUT2D eigenvalue weighted by Gasteiger charge is 2.09. The third-order valence-corrected chi connectivity index (χ3v) is 3.58. The molecule has 0 amide bonds. The Hall–Kier alpha value is -2.30. The molecule has 2 aromatic carbocycles. The summed E-state index contributed by atoms with van der Waals surface area (Å²) in [5.41, 5.74) is 0.607. The molecule has 0 aliphatic rings. The van der Waals surface area contributed by atoms with Gasteiger partial charge in [0.2, 0.25) is 0 Å². The Balaban J connectivity index is 0.00000392. The van der Waals surface area contributed by atoms with Crippen molar-refractivity contribution in [2.75, 3.05) is 27.3 Å². The highest BCUT2D eigenvalue weighted by atomic mass is 127. The first-order valence-corrected chi connectivity index (χ1v) is 8.36. The van der Waals surface area contributed by atoms with E-state index in [1.165, 1.54) is 6.07 Å². The zero-order valence-corrected chi connectivity index (χ0v) is 18.0. The molecule has 0 aliphatic heterocycles. The normalized spacial score (nSPS) is 10.8. The largest absolute Gasteiger partial charge is 0.497 e. The number of para-hydroxylation sites is 1. The Morgan fingerprint density at radius 2 is 1.71 bits per heavy atom. The Morgan fingerprint density at radius 1 is 1.04 bits per heavy atom. The van der Waals surface area contributed by atoms with Crippen molar-refractivity contribution in [3.63, 3.8) is 0 Å². The third kappa shape index (κ3) is 8.15. The lowest BCUT2D eigenvalue weighted by atomic mass is 10.2. The van der Waals surface area contributed by atoms with Crippen LogP contribution in [0.25, 0.3) is 0 Å². The lowest BCUT2D eigenvalue weighted by Gasteiger charge is -2.14. The van der Waals surface area contributed by atoms with Crippen molar-refractivity contribution in [2.45, 2.75) is 13.2 Å². The highest BCUT2D eigenvalue weighted by Crippen LogP contribution is 2.20. The standard InChI is InChI=1S/C19H23F2N3O3.HI/c1-22-19(23-11-12-26-16-9-7-15(25-2)8-10-16)24-13-14-5-3-4-6-17(14)27-18(20)21;/h3-10,18H,11-13H2,1-2H3,(H2,22,23,24);1H. The topological polar surface area (TPSA) is 64.1 Å². The summed E-state index contributed by atoms with van der Waals surface area (Å²) in [5.74, 6) is 2.17. The van der Waals surface area contributed by atoms with Crippen LogP contribution in [0.4, 0.5) is 8.78 Å². The number of nitrogens with one attached hydrogen (secondary N) is 2. The van der Waals surface area contributed by atoms with Crippen LogP contribution < -0.4 is 24.8 Å². The van der Waals surface area contributed by atoms with E-state index in [1.54, 1.807) is 32.4 Å².